The fourth-order valence-electron chi connectivity index (χ4n) is 3.16. The molecule has 0 radical (unpaired) electrons. The van der Waals surface area contributed by atoms with Gasteiger partial charge in [-0.1, -0.05) is 49.4 Å². The van der Waals surface area contributed by atoms with Crippen LogP contribution >= 0.6 is 0 Å². The van der Waals surface area contributed by atoms with Gasteiger partial charge in [-0.05, 0) is 47.9 Å². The fourth-order valence-corrected chi connectivity index (χ4v) is 3.16. The summed E-state index contributed by atoms with van der Waals surface area (Å²) in [6.07, 6.45) is 2.15. The van der Waals surface area contributed by atoms with Gasteiger partial charge in [0, 0.05) is 6.21 Å². The summed E-state index contributed by atoms with van der Waals surface area (Å²) in [4.78, 5) is 28.3. The Balaban J connectivity index is 1.80. The SMILES string of the molecule is CCC(C(=O)Oc1ccc(C=Nc2ccccc2C(=O)O)cc1OC)c1ccccc1. The number of aliphatic imine (C=N–C) groups is 1. The van der Waals surface area contributed by atoms with Crippen LogP contribution in [0.2, 0.25) is 0 Å². The monoisotopic (exact) mass is 417 g/mol. The molecule has 0 spiro atoms. The van der Waals surface area contributed by atoms with E-state index in [-0.39, 0.29) is 17.5 Å². The Morgan fingerprint density at radius 3 is 2.39 bits per heavy atom. The number of methoxy groups -OCH3 is 1. The highest BCUT2D eigenvalue weighted by Gasteiger charge is 2.22. The van der Waals surface area contributed by atoms with Crippen LogP contribution in [-0.2, 0) is 4.79 Å². The summed E-state index contributed by atoms with van der Waals surface area (Å²) in [7, 11) is 1.49. The maximum atomic E-state index is 12.7. The van der Waals surface area contributed by atoms with E-state index in [1.165, 1.54) is 19.4 Å². The van der Waals surface area contributed by atoms with E-state index in [9.17, 15) is 14.7 Å². The predicted octanol–water partition coefficient (Wildman–Crippen LogP) is 5.24. The summed E-state index contributed by atoms with van der Waals surface area (Å²) in [5.41, 5.74) is 2.03. The van der Waals surface area contributed by atoms with Crippen molar-refractivity contribution in [1.29, 1.82) is 0 Å². The molecule has 0 saturated carbocycles. The van der Waals surface area contributed by atoms with E-state index in [4.69, 9.17) is 9.47 Å². The van der Waals surface area contributed by atoms with Crippen LogP contribution in [0.1, 0.15) is 40.7 Å². The second-order valence-corrected chi connectivity index (χ2v) is 6.78. The Morgan fingerprint density at radius 1 is 1.00 bits per heavy atom. The van der Waals surface area contributed by atoms with Gasteiger partial charge in [-0.2, -0.15) is 0 Å². The second-order valence-electron chi connectivity index (χ2n) is 6.78. The summed E-state index contributed by atoms with van der Waals surface area (Å²) >= 11 is 0. The molecule has 1 atom stereocenters. The molecule has 3 aromatic rings. The first-order chi connectivity index (χ1) is 15.0. The molecule has 158 valence electrons. The molecule has 0 amide bonds. The van der Waals surface area contributed by atoms with E-state index in [1.54, 1.807) is 36.4 Å². The van der Waals surface area contributed by atoms with Crippen molar-refractivity contribution >= 4 is 23.8 Å². The third-order valence-corrected chi connectivity index (χ3v) is 4.78. The standard InChI is InChI=1S/C25H23NO5/c1-3-19(18-9-5-4-6-10-18)25(29)31-22-14-13-17(15-23(22)30-2)16-26-21-12-8-7-11-20(21)24(27)28/h4-16,19H,3H2,1-2H3,(H,27,28). The summed E-state index contributed by atoms with van der Waals surface area (Å²) in [6, 6.07) is 21.0. The molecule has 1 unspecified atom stereocenters. The lowest BCUT2D eigenvalue weighted by atomic mass is 9.97. The van der Waals surface area contributed by atoms with E-state index in [0.29, 0.717) is 29.2 Å². The van der Waals surface area contributed by atoms with Gasteiger partial charge < -0.3 is 14.6 Å². The Kier molecular flexibility index (Phi) is 7.17. The van der Waals surface area contributed by atoms with Gasteiger partial charge in [0.15, 0.2) is 11.5 Å². The summed E-state index contributed by atoms with van der Waals surface area (Å²) < 4.78 is 11.0. The molecule has 0 saturated heterocycles. The third-order valence-electron chi connectivity index (χ3n) is 4.78. The van der Waals surface area contributed by atoms with Gasteiger partial charge >= 0.3 is 11.9 Å². The molecule has 1 N–H and O–H groups in total. The topological polar surface area (TPSA) is 85.2 Å². The third kappa shape index (κ3) is 5.36. The van der Waals surface area contributed by atoms with Crippen LogP contribution < -0.4 is 9.47 Å². The van der Waals surface area contributed by atoms with Crippen molar-refractivity contribution in [2.75, 3.05) is 7.11 Å². The lowest BCUT2D eigenvalue weighted by Crippen LogP contribution is -2.18. The molecular formula is C25H23NO5. The minimum Gasteiger partial charge on any atom is -0.493 e. The predicted molar refractivity (Wildman–Crippen MR) is 119 cm³/mol. The molecule has 6 nitrogen and oxygen atoms in total. The van der Waals surface area contributed by atoms with Crippen molar-refractivity contribution < 1.29 is 24.2 Å². The van der Waals surface area contributed by atoms with Gasteiger partial charge in [0.25, 0.3) is 0 Å². The quantitative estimate of drug-likeness (QED) is 0.308. The van der Waals surface area contributed by atoms with Crippen molar-refractivity contribution in [2.24, 2.45) is 4.99 Å². The van der Waals surface area contributed by atoms with E-state index < -0.39 is 5.97 Å². The maximum absolute atomic E-state index is 12.7. The van der Waals surface area contributed by atoms with Crippen LogP contribution in [0.5, 0.6) is 11.5 Å². The summed E-state index contributed by atoms with van der Waals surface area (Å²) in [6.45, 7) is 1.94. The minimum absolute atomic E-state index is 0.114. The van der Waals surface area contributed by atoms with Gasteiger partial charge in [-0.3, -0.25) is 9.79 Å². The summed E-state index contributed by atoms with van der Waals surface area (Å²) in [5, 5.41) is 9.27. The molecule has 6 heteroatoms. The van der Waals surface area contributed by atoms with Crippen molar-refractivity contribution in [3.8, 4) is 11.5 Å². The van der Waals surface area contributed by atoms with Crippen LogP contribution in [0.25, 0.3) is 0 Å². The number of carboxylic acids is 1. The number of carbonyl (C=O) groups is 2. The van der Waals surface area contributed by atoms with E-state index in [0.717, 1.165) is 5.56 Å². The molecule has 0 heterocycles. The zero-order valence-electron chi connectivity index (χ0n) is 17.3. The first-order valence-corrected chi connectivity index (χ1v) is 9.84. The second kappa shape index (κ2) is 10.2. The Morgan fingerprint density at radius 2 is 1.71 bits per heavy atom. The van der Waals surface area contributed by atoms with E-state index in [1.807, 2.05) is 37.3 Å². The molecule has 0 aliphatic heterocycles. The molecule has 0 aliphatic carbocycles. The van der Waals surface area contributed by atoms with Crippen molar-refractivity contribution in [3.63, 3.8) is 0 Å². The first kappa shape index (κ1) is 21.8. The van der Waals surface area contributed by atoms with E-state index >= 15 is 0 Å². The van der Waals surface area contributed by atoms with Crippen LogP contribution in [0.3, 0.4) is 0 Å². The number of hydrogen-bond acceptors (Lipinski definition) is 5. The molecule has 31 heavy (non-hydrogen) atoms. The smallest absolute Gasteiger partial charge is 0.337 e. The Bertz CT molecular complexity index is 1090. The zero-order valence-corrected chi connectivity index (χ0v) is 17.3. The normalized spacial score (nSPS) is 11.8. The van der Waals surface area contributed by atoms with Crippen molar-refractivity contribution in [3.05, 3.63) is 89.5 Å². The van der Waals surface area contributed by atoms with Crippen LogP contribution in [-0.4, -0.2) is 30.4 Å². The van der Waals surface area contributed by atoms with Crippen LogP contribution in [0.4, 0.5) is 5.69 Å². The number of ether oxygens (including phenoxy) is 2. The molecule has 0 bridgehead atoms. The fraction of sp³-hybridized carbons (Fsp3) is 0.160. The van der Waals surface area contributed by atoms with E-state index in [2.05, 4.69) is 4.99 Å². The largest absolute Gasteiger partial charge is 0.493 e. The van der Waals surface area contributed by atoms with Crippen LogP contribution in [0, 0.1) is 0 Å². The molecule has 0 aromatic heterocycles. The lowest BCUT2D eigenvalue weighted by Gasteiger charge is -2.16. The van der Waals surface area contributed by atoms with Gasteiger partial charge in [0.1, 0.15) is 0 Å². The highest BCUT2D eigenvalue weighted by Crippen LogP contribution is 2.30. The zero-order chi connectivity index (χ0) is 22.2. The van der Waals surface area contributed by atoms with Gasteiger partial charge in [-0.25, -0.2) is 4.79 Å². The number of benzene rings is 3. The molecular weight excluding hydrogens is 394 g/mol. The van der Waals surface area contributed by atoms with Crippen molar-refractivity contribution in [1.82, 2.24) is 0 Å². The number of aromatic carboxylic acids is 1. The Hall–Kier alpha value is -3.93. The highest BCUT2D eigenvalue weighted by atomic mass is 16.6. The number of carbonyl (C=O) groups excluding carboxylic acids is 1. The van der Waals surface area contributed by atoms with Gasteiger partial charge in [-0.15, -0.1) is 0 Å². The number of rotatable bonds is 8. The average Bonchev–Trinajstić information content (AvgIpc) is 2.79. The van der Waals surface area contributed by atoms with Gasteiger partial charge in [0.2, 0.25) is 0 Å². The number of nitrogens with zero attached hydrogens (tertiary/aromatic N) is 1. The number of hydrogen-bond donors (Lipinski definition) is 1. The molecule has 0 aliphatic rings. The lowest BCUT2D eigenvalue weighted by molar-refractivity contribution is -0.136. The highest BCUT2D eigenvalue weighted by molar-refractivity contribution is 5.95. The Labute approximate surface area is 180 Å². The number of carboxylic acid groups (broad SMARTS) is 1. The average molecular weight is 417 g/mol. The van der Waals surface area contributed by atoms with Crippen molar-refractivity contribution in [2.45, 2.75) is 19.3 Å². The number of para-hydroxylation sites is 1. The van der Waals surface area contributed by atoms with Gasteiger partial charge in [0.05, 0.1) is 24.3 Å². The van der Waals surface area contributed by atoms with Crippen LogP contribution in [0.15, 0.2) is 77.8 Å². The molecule has 3 rings (SSSR count). The molecule has 0 fully saturated rings. The number of esters is 1. The first-order valence-electron chi connectivity index (χ1n) is 9.84. The molecule has 3 aromatic carbocycles. The summed E-state index contributed by atoms with van der Waals surface area (Å²) in [5.74, 6) is -1.09. The maximum Gasteiger partial charge on any atom is 0.337 e. The minimum atomic E-state index is -1.04.